The monoisotopic (exact) mass is 604 g/mol. The second-order valence-electron chi connectivity index (χ2n) is 11.1. The number of benzene rings is 2. The van der Waals surface area contributed by atoms with Gasteiger partial charge in [-0.05, 0) is 48.9 Å². The van der Waals surface area contributed by atoms with Crippen LogP contribution in [0.15, 0.2) is 54.6 Å². The highest BCUT2D eigenvalue weighted by molar-refractivity contribution is 5.85. The Labute approximate surface area is 247 Å². The lowest BCUT2D eigenvalue weighted by atomic mass is 9.72. The third-order valence-corrected chi connectivity index (χ3v) is 8.91. The first-order valence-electron chi connectivity index (χ1n) is 14.0. The van der Waals surface area contributed by atoms with Crippen LogP contribution >= 0.6 is 24.8 Å². The maximum absolute atomic E-state index is 13.0. The molecule has 3 aliphatic rings. The number of rotatable bonds is 7. The van der Waals surface area contributed by atoms with E-state index < -0.39 is 12.0 Å². The van der Waals surface area contributed by atoms with Crippen molar-refractivity contribution in [2.75, 3.05) is 45.9 Å². The highest BCUT2D eigenvalue weighted by atomic mass is 35.5. The highest BCUT2D eigenvalue weighted by Crippen LogP contribution is 2.44. The molecule has 3 fully saturated rings. The average Bonchev–Trinajstić information content (AvgIpc) is 2.93. The van der Waals surface area contributed by atoms with Gasteiger partial charge in [0, 0.05) is 44.2 Å². The standard InChI is InChI=1S/C30H39F3N2O3.2ClH/c31-30(32,33)38-26-11-7-8-24(22-26)27(29(36)12-5-2-6-13-29)23-34-16-14-28(15-17-34,25-9-3-1-4-10-25)35-18-20-37-21-19-35;;/h1,3-4,7-11,22,27,36H,2,5-6,12-21,23H2;2*1H. The van der Waals surface area contributed by atoms with Crippen LogP contribution in [0.4, 0.5) is 13.2 Å². The van der Waals surface area contributed by atoms with E-state index in [0.717, 1.165) is 71.5 Å². The summed E-state index contributed by atoms with van der Waals surface area (Å²) in [6.07, 6.45) is 1.44. The number of hydrogen-bond acceptors (Lipinski definition) is 5. The lowest BCUT2D eigenvalue weighted by Gasteiger charge is -2.51. The van der Waals surface area contributed by atoms with E-state index >= 15 is 0 Å². The van der Waals surface area contributed by atoms with Gasteiger partial charge in [0.05, 0.1) is 18.8 Å². The Balaban J connectivity index is 0.00000220. The summed E-state index contributed by atoms with van der Waals surface area (Å²) in [6, 6.07) is 17.0. The van der Waals surface area contributed by atoms with Crippen molar-refractivity contribution in [1.82, 2.24) is 9.80 Å². The van der Waals surface area contributed by atoms with Gasteiger partial charge in [0.2, 0.25) is 0 Å². The largest absolute Gasteiger partial charge is 0.573 e. The third-order valence-electron chi connectivity index (χ3n) is 8.91. The van der Waals surface area contributed by atoms with Crippen LogP contribution in [-0.4, -0.2) is 72.8 Å². The van der Waals surface area contributed by atoms with Crippen LogP contribution in [0.2, 0.25) is 0 Å². The smallest absolute Gasteiger partial charge is 0.406 e. The molecule has 40 heavy (non-hydrogen) atoms. The van der Waals surface area contributed by atoms with Crippen LogP contribution < -0.4 is 4.74 Å². The Morgan fingerprint density at radius 2 is 1.50 bits per heavy atom. The van der Waals surface area contributed by atoms with E-state index in [1.165, 1.54) is 17.7 Å². The number of likely N-dealkylation sites (tertiary alicyclic amines) is 1. The topological polar surface area (TPSA) is 45.2 Å². The van der Waals surface area contributed by atoms with E-state index in [1.807, 2.05) is 6.07 Å². The van der Waals surface area contributed by atoms with E-state index in [1.54, 1.807) is 6.07 Å². The summed E-state index contributed by atoms with van der Waals surface area (Å²) in [5.74, 6) is -0.513. The van der Waals surface area contributed by atoms with Gasteiger partial charge in [-0.15, -0.1) is 38.0 Å². The van der Waals surface area contributed by atoms with Gasteiger partial charge in [-0.1, -0.05) is 61.7 Å². The maximum atomic E-state index is 13.0. The van der Waals surface area contributed by atoms with Gasteiger partial charge in [-0.2, -0.15) is 0 Å². The highest BCUT2D eigenvalue weighted by Gasteiger charge is 2.44. The quantitative estimate of drug-likeness (QED) is 0.389. The fraction of sp³-hybridized carbons (Fsp3) is 0.600. The van der Waals surface area contributed by atoms with E-state index in [-0.39, 0.29) is 42.0 Å². The normalized spacial score (nSPS) is 22.4. The SMILES string of the molecule is Cl.Cl.OC1(C(CN2CCC(c3ccccc3)(N3CCOCC3)CC2)c2cccc(OC(F)(F)F)c2)CCCCC1. The summed E-state index contributed by atoms with van der Waals surface area (Å²) < 4.78 is 48.7. The lowest BCUT2D eigenvalue weighted by molar-refractivity contribution is -0.274. The van der Waals surface area contributed by atoms with E-state index in [2.05, 4.69) is 44.9 Å². The van der Waals surface area contributed by atoms with Crippen LogP contribution in [0.25, 0.3) is 0 Å². The summed E-state index contributed by atoms with van der Waals surface area (Å²) in [5.41, 5.74) is 1.05. The first-order chi connectivity index (χ1) is 18.3. The van der Waals surface area contributed by atoms with Crippen molar-refractivity contribution in [3.05, 3.63) is 65.7 Å². The number of hydrogen-bond donors (Lipinski definition) is 1. The minimum absolute atomic E-state index is 0. The molecule has 2 aliphatic heterocycles. The van der Waals surface area contributed by atoms with Crippen LogP contribution in [0.5, 0.6) is 5.75 Å². The molecule has 0 radical (unpaired) electrons. The first-order valence-corrected chi connectivity index (χ1v) is 14.0. The fourth-order valence-corrected chi connectivity index (χ4v) is 6.92. The predicted molar refractivity (Wildman–Crippen MR) is 155 cm³/mol. The molecule has 0 bridgehead atoms. The van der Waals surface area contributed by atoms with Gasteiger partial charge < -0.3 is 19.5 Å². The number of morpholine rings is 1. The second kappa shape index (κ2) is 14.1. The van der Waals surface area contributed by atoms with Crippen molar-refractivity contribution < 1.29 is 27.8 Å². The molecule has 5 nitrogen and oxygen atoms in total. The molecule has 2 saturated heterocycles. The van der Waals surface area contributed by atoms with Crippen molar-refractivity contribution in [2.24, 2.45) is 0 Å². The zero-order chi connectivity index (χ0) is 26.6. The molecule has 1 saturated carbocycles. The van der Waals surface area contributed by atoms with Crippen molar-refractivity contribution >= 4 is 24.8 Å². The van der Waals surface area contributed by atoms with Crippen LogP contribution in [0, 0.1) is 0 Å². The van der Waals surface area contributed by atoms with E-state index in [4.69, 9.17) is 4.74 Å². The maximum Gasteiger partial charge on any atom is 0.573 e. The number of aliphatic hydroxyl groups is 1. The Kier molecular flexibility index (Phi) is 11.6. The molecule has 0 spiro atoms. The summed E-state index contributed by atoms with van der Waals surface area (Å²) in [4.78, 5) is 4.98. The first kappa shape index (κ1) is 33.0. The van der Waals surface area contributed by atoms with Crippen LogP contribution in [-0.2, 0) is 10.3 Å². The number of ether oxygens (including phenoxy) is 2. The van der Waals surface area contributed by atoms with Gasteiger partial charge in [0.1, 0.15) is 5.75 Å². The number of piperidine rings is 1. The lowest BCUT2D eigenvalue weighted by Crippen LogP contribution is -2.57. The molecule has 10 heteroatoms. The molecule has 224 valence electrons. The van der Waals surface area contributed by atoms with Crippen LogP contribution in [0.3, 0.4) is 0 Å². The molecule has 1 unspecified atom stereocenters. The average molecular weight is 606 g/mol. The fourth-order valence-electron chi connectivity index (χ4n) is 6.92. The van der Waals surface area contributed by atoms with Crippen molar-refractivity contribution in [3.8, 4) is 5.75 Å². The van der Waals surface area contributed by atoms with Gasteiger partial charge in [-0.25, -0.2) is 0 Å². The molecule has 5 rings (SSSR count). The molecule has 2 aromatic rings. The minimum Gasteiger partial charge on any atom is -0.406 e. The number of alkyl halides is 3. The summed E-state index contributed by atoms with van der Waals surface area (Å²) in [7, 11) is 0. The Morgan fingerprint density at radius 3 is 2.12 bits per heavy atom. The minimum atomic E-state index is -4.75. The molecule has 1 N–H and O–H groups in total. The molecule has 1 aliphatic carbocycles. The Hall–Kier alpha value is -1.55. The van der Waals surface area contributed by atoms with Gasteiger partial charge in [0.15, 0.2) is 0 Å². The van der Waals surface area contributed by atoms with E-state index in [9.17, 15) is 18.3 Å². The van der Waals surface area contributed by atoms with Gasteiger partial charge in [0.25, 0.3) is 0 Å². The van der Waals surface area contributed by atoms with Crippen molar-refractivity contribution in [2.45, 2.75) is 68.4 Å². The summed E-state index contributed by atoms with van der Waals surface area (Å²) in [5, 5.41) is 11.8. The number of nitrogens with zero attached hydrogens (tertiary/aromatic N) is 2. The summed E-state index contributed by atoms with van der Waals surface area (Å²) >= 11 is 0. The Morgan fingerprint density at radius 1 is 0.850 bits per heavy atom. The molecule has 0 aromatic heterocycles. The molecule has 2 aromatic carbocycles. The zero-order valence-electron chi connectivity index (χ0n) is 22.8. The molecular weight excluding hydrogens is 564 g/mol. The van der Waals surface area contributed by atoms with Crippen LogP contribution in [0.1, 0.15) is 62.0 Å². The Bertz CT molecular complexity index is 1040. The summed E-state index contributed by atoms with van der Waals surface area (Å²) in [6.45, 7) is 5.62. The predicted octanol–water partition coefficient (Wildman–Crippen LogP) is 6.53. The van der Waals surface area contributed by atoms with E-state index in [0.29, 0.717) is 24.9 Å². The van der Waals surface area contributed by atoms with Gasteiger partial charge in [-0.3, -0.25) is 4.90 Å². The third kappa shape index (κ3) is 7.64. The van der Waals surface area contributed by atoms with Crippen molar-refractivity contribution in [1.29, 1.82) is 0 Å². The second-order valence-corrected chi connectivity index (χ2v) is 11.1. The zero-order valence-corrected chi connectivity index (χ0v) is 24.4. The van der Waals surface area contributed by atoms with Crippen molar-refractivity contribution in [3.63, 3.8) is 0 Å². The molecule has 2 heterocycles. The number of halogens is 5. The molecule has 1 atom stereocenters. The van der Waals surface area contributed by atoms with Gasteiger partial charge >= 0.3 is 6.36 Å². The molecule has 0 amide bonds. The molecular formula is C30H41Cl2F3N2O3.